The standard InChI is InChI=1S/C15H21NO3/c1-4-16(10-15(18)19)14(17)9-12(3)13-8-6-5-7-11(13)2/h5-8,12H,4,9-10H2,1-3H3,(H,18,19). The average molecular weight is 263 g/mol. The van der Waals surface area contributed by atoms with E-state index in [-0.39, 0.29) is 18.4 Å². The van der Waals surface area contributed by atoms with E-state index in [1.165, 1.54) is 4.90 Å². The van der Waals surface area contributed by atoms with Gasteiger partial charge in [0.25, 0.3) is 0 Å². The maximum absolute atomic E-state index is 12.1. The minimum absolute atomic E-state index is 0.0940. The largest absolute Gasteiger partial charge is 0.480 e. The van der Waals surface area contributed by atoms with Crippen LogP contribution in [-0.2, 0) is 9.59 Å². The number of nitrogens with zero attached hydrogens (tertiary/aromatic N) is 1. The van der Waals surface area contributed by atoms with Crippen molar-refractivity contribution in [2.75, 3.05) is 13.1 Å². The van der Waals surface area contributed by atoms with E-state index in [0.717, 1.165) is 11.1 Å². The van der Waals surface area contributed by atoms with Crippen LogP contribution in [0.5, 0.6) is 0 Å². The van der Waals surface area contributed by atoms with Crippen molar-refractivity contribution in [1.82, 2.24) is 4.90 Å². The molecular weight excluding hydrogens is 242 g/mol. The first-order valence-electron chi connectivity index (χ1n) is 6.50. The van der Waals surface area contributed by atoms with Gasteiger partial charge in [0, 0.05) is 13.0 Å². The topological polar surface area (TPSA) is 57.6 Å². The lowest BCUT2D eigenvalue weighted by Crippen LogP contribution is -2.36. The number of rotatable bonds is 6. The number of hydrogen-bond acceptors (Lipinski definition) is 2. The van der Waals surface area contributed by atoms with Gasteiger partial charge in [-0.2, -0.15) is 0 Å². The summed E-state index contributed by atoms with van der Waals surface area (Å²) in [5.41, 5.74) is 2.30. The zero-order chi connectivity index (χ0) is 14.4. The molecule has 0 saturated heterocycles. The summed E-state index contributed by atoms with van der Waals surface area (Å²) in [6.07, 6.45) is 0.339. The molecule has 0 saturated carbocycles. The van der Waals surface area contributed by atoms with Gasteiger partial charge >= 0.3 is 5.97 Å². The monoisotopic (exact) mass is 263 g/mol. The van der Waals surface area contributed by atoms with Crippen molar-refractivity contribution in [3.05, 3.63) is 35.4 Å². The quantitative estimate of drug-likeness (QED) is 0.857. The van der Waals surface area contributed by atoms with E-state index in [4.69, 9.17) is 5.11 Å². The molecule has 0 heterocycles. The van der Waals surface area contributed by atoms with Gasteiger partial charge in [-0.3, -0.25) is 9.59 Å². The number of amides is 1. The van der Waals surface area contributed by atoms with Gasteiger partial charge in [-0.25, -0.2) is 0 Å². The predicted octanol–water partition coefficient (Wildman–Crippen LogP) is 2.42. The lowest BCUT2D eigenvalue weighted by atomic mass is 9.93. The molecule has 1 amide bonds. The summed E-state index contributed by atoms with van der Waals surface area (Å²) < 4.78 is 0. The molecule has 104 valence electrons. The summed E-state index contributed by atoms with van der Waals surface area (Å²) in [5.74, 6) is -0.990. The van der Waals surface area contributed by atoms with Gasteiger partial charge in [0.2, 0.25) is 5.91 Å². The fraction of sp³-hybridized carbons (Fsp3) is 0.467. The first-order valence-corrected chi connectivity index (χ1v) is 6.50. The number of carbonyl (C=O) groups is 2. The molecule has 0 aliphatic carbocycles. The Labute approximate surface area is 114 Å². The number of carboxylic acids is 1. The number of carboxylic acid groups (broad SMARTS) is 1. The molecule has 4 heteroatoms. The third-order valence-electron chi connectivity index (χ3n) is 3.26. The van der Waals surface area contributed by atoms with Crippen LogP contribution < -0.4 is 0 Å². The molecule has 0 aliphatic rings. The fourth-order valence-electron chi connectivity index (χ4n) is 2.18. The smallest absolute Gasteiger partial charge is 0.323 e. The van der Waals surface area contributed by atoms with Crippen LogP contribution in [0.4, 0.5) is 0 Å². The van der Waals surface area contributed by atoms with Crippen molar-refractivity contribution in [1.29, 1.82) is 0 Å². The fourth-order valence-corrected chi connectivity index (χ4v) is 2.18. The van der Waals surface area contributed by atoms with Crippen molar-refractivity contribution in [2.24, 2.45) is 0 Å². The molecule has 4 nitrogen and oxygen atoms in total. The number of aliphatic carboxylic acids is 1. The molecule has 19 heavy (non-hydrogen) atoms. The minimum atomic E-state index is -0.973. The van der Waals surface area contributed by atoms with Gasteiger partial charge in [-0.05, 0) is 30.9 Å². The van der Waals surface area contributed by atoms with Crippen LogP contribution in [0.3, 0.4) is 0 Å². The second kappa shape index (κ2) is 6.92. The highest BCUT2D eigenvalue weighted by Gasteiger charge is 2.19. The van der Waals surface area contributed by atoms with Crippen LogP contribution in [0.1, 0.15) is 37.3 Å². The molecule has 1 N–H and O–H groups in total. The number of hydrogen-bond donors (Lipinski definition) is 1. The molecule has 0 spiro atoms. The summed E-state index contributed by atoms with van der Waals surface area (Å²) >= 11 is 0. The third kappa shape index (κ3) is 4.39. The second-order valence-electron chi connectivity index (χ2n) is 4.76. The van der Waals surface area contributed by atoms with Crippen molar-refractivity contribution in [2.45, 2.75) is 33.1 Å². The molecule has 0 aromatic heterocycles. The van der Waals surface area contributed by atoms with E-state index in [1.807, 2.05) is 38.1 Å². The summed E-state index contributed by atoms with van der Waals surface area (Å²) in [5, 5.41) is 8.77. The number of aryl methyl sites for hydroxylation is 1. The predicted molar refractivity (Wildman–Crippen MR) is 74.1 cm³/mol. The van der Waals surface area contributed by atoms with Gasteiger partial charge in [-0.15, -0.1) is 0 Å². The number of carbonyl (C=O) groups excluding carboxylic acids is 1. The highest BCUT2D eigenvalue weighted by Crippen LogP contribution is 2.23. The SMILES string of the molecule is CCN(CC(=O)O)C(=O)CC(C)c1ccccc1C. The van der Waals surface area contributed by atoms with Crippen LogP contribution >= 0.6 is 0 Å². The van der Waals surface area contributed by atoms with Gasteiger partial charge in [0.05, 0.1) is 0 Å². The van der Waals surface area contributed by atoms with Crippen molar-refractivity contribution >= 4 is 11.9 Å². The zero-order valence-corrected chi connectivity index (χ0v) is 11.7. The van der Waals surface area contributed by atoms with Crippen molar-refractivity contribution in [3.63, 3.8) is 0 Å². The lowest BCUT2D eigenvalue weighted by molar-refractivity contribution is -0.144. The van der Waals surface area contributed by atoms with Crippen LogP contribution in [-0.4, -0.2) is 35.0 Å². The van der Waals surface area contributed by atoms with Gasteiger partial charge < -0.3 is 10.0 Å². The number of likely N-dealkylation sites (N-methyl/N-ethyl adjacent to an activating group) is 1. The van der Waals surface area contributed by atoms with E-state index in [2.05, 4.69) is 0 Å². The van der Waals surface area contributed by atoms with Crippen molar-refractivity contribution < 1.29 is 14.7 Å². The molecule has 0 aliphatic heterocycles. The molecule has 1 unspecified atom stereocenters. The minimum Gasteiger partial charge on any atom is -0.480 e. The Bertz CT molecular complexity index is 456. The molecule has 0 radical (unpaired) electrons. The Morgan fingerprint density at radius 3 is 2.47 bits per heavy atom. The van der Waals surface area contributed by atoms with Crippen LogP contribution in [0.15, 0.2) is 24.3 Å². The Balaban J connectivity index is 2.70. The highest BCUT2D eigenvalue weighted by atomic mass is 16.4. The van der Waals surface area contributed by atoms with Gasteiger partial charge in [0.15, 0.2) is 0 Å². The highest BCUT2D eigenvalue weighted by molar-refractivity contribution is 5.81. The molecule has 1 aromatic carbocycles. The average Bonchev–Trinajstić information content (AvgIpc) is 2.35. The molecule has 1 rings (SSSR count). The van der Waals surface area contributed by atoms with Crippen LogP contribution in [0, 0.1) is 6.92 Å². The normalized spacial score (nSPS) is 11.9. The first-order chi connectivity index (χ1) is 8.95. The first kappa shape index (κ1) is 15.2. The summed E-state index contributed by atoms with van der Waals surface area (Å²) in [6.45, 7) is 6.00. The van der Waals surface area contributed by atoms with E-state index in [1.54, 1.807) is 6.92 Å². The number of benzene rings is 1. The maximum atomic E-state index is 12.1. The molecule has 0 fully saturated rings. The van der Waals surface area contributed by atoms with Gasteiger partial charge in [-0.1, -0.05) is 31.2 Å². The summed E-state index contributed by atoms with van der Waals surface area (Å²) in [4.78, 5) is 24.1. The van der Waals surface area contributed by atoms with Crippen molar-refractivity contribution in [3.8, 4) is 0 Å². The van der Waals surface area contributed by atoms with E-state index in [0.29, 0.717) is 13.0 Å². The summed E-state index contributed by atoms with van der Waals surface area (Å²) in [7, 11) is 0. The molecule has 0 bridgehead atoms. The maximum Gasteiger partial charge on any atom is 0.323 e. The molecular formula is C15H21NO3. The van der Waals surface area contributed by atoms with E-state index in [9.17, 15) is 9.59 Å². The van der Waals surface area contributed by atoms with E-state index >= 15 is 0 Å². The third-order valence-corrected chi connectivity index (χ3v) is 3.26. The summed E-state index contributed by atoms with van der Waals surface area (Å²) in [6, 6.07) is 7.96. The Kier molecular flexibility index (Phi) is 5.55. The van der Waals surface area contributed by atoms with E-state index < -0.39 is 5.97 Å². The Morgan fingerprint density at radius 2 is 1.95 bits per heavy atom. The van der Waals surface area contributed by atoms with Crippen LogP contribution in [0.25, 0.3) is 0 Å². The lowest BCUT2D eigenvalue weighted by Gasteiger charge is -2.21. The zero-order valence-electron chi connectivity index (χ0n) is 11.7. The molecule has 1 aromatic rings. The van der Waals surface area contributed by atoms with Gasteiger partial charge in [0.1, 0.15) is 6.54 Å². The Hall–Kier alpha value is -1.84. The molecule has 1 atom stereocenters. The Morgan fingerprint density at radius 1 is 1.32 bits per heavy atom. The second-order valence-corrected chi connectivity index (χ2v) is 4.76. The van der Waals surface area contributed by atoms with Crippen LogP contribution in [0.2, 0.25) is 0 Å².